The first-order valence-corrected chi connectivity index (χ1v) is 8.41. The fraction of sp³-hybridized carbons (Fsp3) is 0.222. The summed E-state index contributed by atoms with van der Waals surface area (Å²) >= 11 is 11.9. The summed E-state index contributed by atoms with van der Waals surface area (Å²) in [6.07, 6.45) is 0.944. The Morgan fingerprint density at radius 2 is 1.79 bits per heavy atom. The fourth-order valence-corrected chi connectivity index (χ4v) is 3.01. The second-order valence-corrected chi connectivity index (χ2v) is 6.43. The number of imide groups is 1. The Morgan fingerprint density at radius 1 is 1.04 bits per heavy atom. The predicted octanol–water partition coefficient (Wildman–Crippen LogP) is 3.46. The third-order valence-corrected chi connectivity index (χ3v) is 4.69. The Labute approximate surface area is 150 Å². The van der Waals surface area contributed by atoms with E-state index in [1.165, 1.54) is 16.5 Å². The summed E-state index contributed by atoms with van der Waals surface area (Å²) in [4.78, 5) is 25.9. The smallest absolute Gasteiger partial charge is 0.251 e. The molecule has 0 unspecified atom stereocenters. The number of benzene rings is 2. The van der Waals surface area contributed by atoms with Crippen LogP contribution in [-0.2, 0) is 16.0 Å². The van der Waals surface area contributed by atoms with Crippen molar-refractivity contribution in [2.75, 3.05) is 11.4 Å². The van der Waals surface area contributed by atoms with Crippen molar-refractivity contribution in [3.05, 3.63) is 64.1 Å². The normalized spacial score (nSPS) is 17.6. The quantitative estimate of drug-likeness (QED) is 0.828. The first-order valence-electron chi connectivity index (χ1n) is 7.65. The molecule has 1 aliphatic heterocycles. The van der Waals surface area contributed by atoms with Gasteiger partial charge in [0.2, 0.25) is 5.91 Å². The van der Waals surface area contributed by atoms with Gasteiger partial charge in [-0.05, 0) is 36.7 Å². The van der Waals surface area contributed by atoms with Crippen LogP contribution in [0.15, 0.2) is 48.5 Å². The molecule has 2 amide bonds. The summed E-state index contributed by atoms with van der Waals surface area (Å²) in [7, 11) is 0. The molecule has 1 atom stereocenters. The van der Waals surface area contributed by atoms with E-state index in [-0.39, 0.29) is 18.2 Å². The average Bonchev–Trinajstić information content (AvgIpc) is 2.85. The molecular weight excluding hydrogens is 347 g/mol. The van der Waals surface area contributed by atoms with Crippen LogP contribution in [0.1, 0.15) is 12.0 Å². The number of amides is 2. The molecule has 124 valence electrons. The monoisotopic (exact) mass is 362 g/mol. The standard InChI is InChI=1S/C18H16Cl2N2O2/c19-14-7-6-13(10-15(14)20)22-17(23)11-16(18(22)24)21-9-8-12-4-2-1-3-5-12/h1-7,10,16,21H,8-9,11H2/t16-/m1/s1. The van der Waals surface area contributed by atoms with Gasteiger partial charge in [-0.3, -0.25) is 9.59 Å². The summed E-state index contributed by atoms with van der Waals surface area (Å²) in [5.41, 5.74) is 1.63. The number of nitrogens with one attached hydrogen (secondary N) is 1. The van der Waals surface area contributed by atoms with Gasteiger partial charge in [-0.1, -0.05) is 53.5 Å². The highest BCUT2D eigenvalue weighted by Crippen LogP contribution is 2.30. The molecule has 4 nitrogen and oxygen atoms in total. The molecule has 0 aliphatic carbocycles. The Hall–Kier alpha value is -1.88. The number of carbonyl (C=O) groups excluding carboxylic acids is 2. The van der Waals surface area contributed by atoms with Gasteiger partial charge < -0.3 is 5.32 Å². The van der Waals surface area contributed by atoms with Crippen LogP contribution in [-0.4, -0.2) is 24.4 Å². The van der Waals surface area contributed by atoms with E-state index in [9.17, 15) is 9.59 Å². The van der Waals surface area contributed by atoms with E-state index in [0.717, 1.165) is 6.42 Å². The summed E-state index contributed by atoms with van der Waals surface area (Å²) in [5.74, 6) is -0.498. The maximum atomic E-state index is 12.5. The molecule has 0 bridgehead atoms. The lowest BCUT2D eigenvalue weighted by molar-refractivity contribution is -0.121. The van der Waals surface area contributed by atoms with Gasteiger partial charge in [0.15, 0.2) is 0 Å². The van der Waals surface area contributed by atoms with E-state index < -0.39 is 6.04 Å². The summed E-state index contributed by atoms with van der Waals surface area (Å²) in [6.45, 7) is 0.628. The Morgan fingerprint density at radius 3 is 2.50 bits per heavy atom. The van der Waals surface area contributed by atoms with E-state index in [1.54, 1.807) is 12.1 Å². The second-order valence-electron chi connectivity index (χ2n) is 5.61. The Kier molecular flexibility index (Phi) is 5.19. The van der Waals surface area contributed by atoms with Gasteiger partial charge in [-0.25, -0.2) is 4.90 Å². The molecule has 0 aromatic heterocycles. The predicted molar refractivity (Wildman–Crippen MR) is 95.5 cm³/mol. The fourth-order valence-electron chi connectivity index (χ4n) is 2.72. The van der Waals surface area contributed by atoms with Gasteiger partial charge in [-0.15, -0.1) is 0 Å². The zero-order valence-electron chi connectivity index (χ0n) is 12.8. The third-order valence-electron chi connectivity index (χ3n) is 3.96. The molecule has 1 heterocycles. The minimum absolute atomic E-state index is 0.147. The van der Waals surface area contributed by atoms with Crippen molar-refractivity contribution < 1.29 is 9.59 Å². The first-order chi connectivity index (χ1) is 11.6. The molecule has 2 aromatic rings. The topological polar surface area (TPSA) is 49.4 Å². The average molecular weight is 363 g/mol. The number of hydrogen-bond acceptors (Lipinski definition) is 3. The zero-order valence-corrected chi connectivity index (χ0v) is 14.3. The molecule has 1 fully saturated rings. The van der Waals surface area contributed by atoms with Gasteiger partial charge in [-0.2, -0.15) is 0 Å². The summed E-state index contributed by atoms with van der Waals surface area (Å²) in [6, 6.07) is 14.2. The van der Waals surface area contributed by atoms with E-state index in [0.29, 0.717) is 22.3 Å². The first kappa shape index (κ1) is 17.0. The summed E-state index contributed by atoms with van der Waals surface area (Å²) < 4.78 is 0. The zero-order chi connectivity index (χ0) is 17.1. The molecule has 1 N–H and O–H groups in total. The van der Waals surface area contributed by atoms with Crippen LogP contribution in [0, 0.1) is 0 Å². The molecular formula is C18H16Cl2N2O2. The number of nitrogens with zero attached hydrogens (tertiary/aromatic N) is 1. The Balaban J connectivity index is 1.64. The van der Waals surface area contributed by atoms with Crippen molar-refractivity contribution in [3.63, 3.8) is 0 Å². The molecule has 24 heavy (non-hydrogen) atoms. The van der Waals surface area contributed by atoms with Gasteiger partial charge in [0.05, 0.1) is 28.2 Å². The van der Waals surface area contributed by atoms with E-state index in [1.807, 2.05) is 30.3 Å². The highest BCUT2D eigenvalue weighted by Gasteiger charge is 2.39. The van der Waals surface area contributed by atoms with Crippen LogP contribution in [0.4, 0.5) is 5.69 Å². The van der Waals surface area contributed by atoms with E-state index in [4.69, 9.17) is 23.2 Å². The maximum absolute atomic E-state index is 12.5. The van der Waals surface area contributed by atoms with E-state index >= 15 is 0 Å². The third kappa shape index (κ3) is 3.61. The molecule has 1 saturated heterocycles. The number of anilines is 1. The second kappa shape index (κ2) is 7.34. The van der Waals surface area contributed by atoms with Crippen molar-refractivity contribution in [1.82, 2.24) is 5.32 Å². The highest BCUT2D eigenvalue weighted by molar-refractivity contribution is 6.42. The lowest BCUT2D eigenvalue weighted by atomic mass is 10.1. The van der Waals surface area contributed by atoms with Gasteiger partial charge >= 0.3 is 0 Å². The van der Waals surface area contributed by atoms with Crippen LogP contribution in [0.5, 0.6) is 0 Å². The van der Waals surface area contributed by atoms with Crippen molar-refractivity contribution >= 4 is 40.7 Å². The van der Waals surface area contributed by atoms with E-state index in [2.05, 4.69) is 5.32 Å². The number of hydrogen-bond donors (Lipinski definition) is 1. The maximum Gasteiger partial charge on any atom is 0.251 e. The SMILES string of the molecule is O=C1C[C@@H](NCCc2ccccc2)C(=O)N1c1ccc(Cl)c(Cl)c1. The van der Waals surface area contributed by atoms with Crippen LogP contribution in [0.2, 0.25) is 10.0 Å². The number of carbonyl (C=O) groups is 2. The summed E-state index contributed by atoms with van der Waals surface area (Å²) in [5, 5.41) is 3.87. The van der Waals surface area contributed by atoms with Crippen LogP contribution in [0.25, 0.3) is 0 Å². The van der Waals surface area contributed by atoms with Crippen molar-refractivity contribution in [2.45, 2.75) is 18.9 Å². The number of halogens is 2. The lowest BCUT2D eigenvalue weighted by Gasteiger charge is -2.16. The van der Waals surface area contributed by atoms with Crippen molar-refractivity contribution in [1.29, 1.82) is 0 Å². The molecule has 1 aliphatic rings. The lowest BCUT2D eigenvalue weighted by Crippen LogP contribution is -2.39. The molecule has 3 rings (SSSR count). The van der Waals surface area contributed by atoms with Crippen LogP contribution >= 0.6 is 23.2 Å². The molecule has 0 radical (unpaired) electrons. The molecule has 2 aromatic carbocycles. The molecule has 0 spiro atoms. The minimum Gasteiger partial charge on any atom is -0.305 e. The molecule has 6 heteroatoms. The minimum atomic E-state index is -0.504. The van der Waals surface area contributed by atoms with Gasteiger partial charge in [0, 0.05) is 0 Å². The van der Waals surface area contributed by atoms with Crippen LogP contribution in [0.3, 0.4) is 0 Å². The Bertz CT molecular complexity index is 765. The largest absolute Gasteiger partial charge is 0.305 e. The number of rotatable bonds is 5. The van der Waals surface area contributed by atoms with Crippen LogP contribution < -0.4 is 10.2 Å². The van der Waals surface area contributed by atoms with Crippen molar-refractivity contribution in [2.24, 2.45) is 0 Å². The molecule has 0 saturated carbocycles. The highest BCUT2D eigenvalue weighted by atomic mass is 35.5. The van der Waals surface area contributed by atoms with Crippen molar-refractivity contribution in [3.8, 4) is 0 Å². The van der Waals surface area contributed by atoms with Gasteiger partial charge in [0.1, 0.15) is 0 Å². The van der Waals surface area contributed by atoms with Gasteiger partial charge in [0.25, 0.3) is 5.91 Å².